The number of carbonyl (C=O) groups is 1. The molecule has 0 spiro atoms. The molecule has 2 aromatic carbocycles. The summed E-state index contributed by atoms with van der Waals surface area (Å²) in [5.74, 6) is -1.14. The number of rotatable bonds is 13. The van der Waals surface area contributed by atoms with Crippen molar-refractivity contribution in [1.29, 1.82) is 2.61 Å². The summed E-state index contributed by atoms with van der Waals surface area (Å²) in [6.45, 7) is 5.45. The van der Waals surface area contributed by atoms with E-state index < -0.39 is 37.9 Å². The molecule has 4 atom stereocenters. The predicted molar refractivity (Wildman–Crippen MR) is 148 cm³/mol. The van der Waals surface area contributed by atoms with Crippen molar-refractivity contribution in [2.75, 3.05) is 6.61 Å². The van der Waals surface area contributed by atoms with E-state index in [2.05, 4.69) is 5.16 Å². The number of hydrogen-bond acceptors (Lipinski definition) is 8. The Labute approximate surface area is 230 Å². The second-order valence-electron chi connectivity index (χ2n) is 8.03. The van der Waals surface area contributed by atoms with Crippen LogP contribution in [-0.2, 0) is 29.9 Å². The maximum absolute atomic E-state index is 14.9. The molecule has 12 heteroatoms. The molecule has 1 aliphatic heterocycles. The van der Waals surface area contributed by atoms with E-state index in [4.69, 9.17) is 37.4 Å². The van der Waals surface area contributed by atoms with Gasteiger partial charge in [-0.05, 0) is 63.6 Å². The van der Waals surface area contributed by atoms with Crippen LogP contribution in [0.15, 0.2) is 53.2 Å². The molecule has 0 aliphatic carbocycles. The average molecular weight is 570 g/mol. The fraction of sp³-hybridized carbons (Fsp3) is 0.360. The van der Waals surface area contributed by atoms with Crippen molar-refractivity contribution in [3.05, 3.63) is 70.0 Å². The molecule has 0 aromatic heterocycles. The first-order valence-electron chi connectivity index (χ1n) is 12.4. The highest BCUT2D eigenvalue weighted by atomic mass is 35.5. The van der Waals surface area contributed by atoms with Crippen LogP contribution < -0.4 is 4.74 Å². The largest absolute Gasteiger partial charge is 0.463 e. The van der Waals surface area contributed by atoms with Gasteiger partial charge in [-0.3, -0.25) is 0 Å². The molecular weight excluding hydrogens is 539 g/mol. The Morgan fingerprint density at radius 1 is 1.43 bits per heavy atom. The van der Waals surface area contributed by atoms with E-state index in [-0.39, 0.29) is 25.4 Å². The maximum atomic E-state index is 14.9. The lowest BCUT2D eigenvalue weighted by Crippen LogP contribution is -2.30. The number of hydrogen-bond donors (Lipinski definition) is 0. The van der Waals surface area contributed by atoms with Crippen LogP contribution in [0.3, 0.4) is 0 Å². The van der Waals surface area contributed by atoms with Crippen molar-refractivity contribution in [2.24, 2.45) is 5.16 Å². The molecule has 1 fully saturated rings. The Hall–Kier alpha value is -2.10. The smallest absolute Gasteiger partial charge is 0.333 e. The van der Waals surface area contributed by atoms with Gasteiger partial charge in [-0.15, -0.1) is 0 Å². The lowest BCUT2D eigenvalue weighted by Gasteiger charge is -2.17. The summed E-state index contributed by atoms with van der Waals surface area (Å²) in [4.78, 5) is 17.3. The van der Waals surface area contributed by atoms with E-state index in [0.717, 1.165) is 24.8 Å². The van der Waals surface area contributed by atoms with E-state index in [1.54, 1.807) is 39.0 Å². The molecule has 197 valence electrons. The number of carbonyl (C=O) groups excluding carboxylic acids is 1. The number of ether oxygens (including phenoxy) is 3. The van der Waals surface area contributed by atoms with Crippen LogP contribution in [0.25, 0.3) is 6.08 Å². The molecule has 0 amide bonds. The van der Waals surface area contributed by atoms with Gasteiger partial charge in [0.15, 0.2) is 11.6 Å². The van der Waals surface area contributed by atoms with Gasteiger partial charge in [0.1, 0.15) is 26.3 Å². The SMILES string of the molecule is [2H]P([B][3H])SOC1C[C@H](Oc2ccc(/C=C(\C)C(=O)OCC)cc2F)O[C@@H]1/C(C)=N/OCc1cccc(Cl)c1. The van der Waals surface area contributed by atoms with Crippen molar-refractivity contribution >= 4 is 56.2 Å². The Balaban J connectivity index is 1.68. The summed E-state index contributed by atoms with van der Waals surface area (Å²) in [7, 11) is -0.553. The number of esters is 1. The third-order valence-electron chi connectivity index (χ3n) is 5.21. The van der Waals surface area contributed by atoms with Crippen molar-refractivity contribution in [3.8, 4) is 5.75 Å². The summed E-state index contributed by atoms with van der Waals surface area (Å²) >= 11 is 6.87. The summed E-state index contributed by atoms with van der Waals surface area (Å²) in [6, 6.07) is 11.5. The van der Waals surface area contributed by atoms with E-state index in [1.807, 2.05) is 12.1 Å². The number of oxime groups is 1. The molecule has 3 rings (SSSR count). The zero-order chi connectivity index (χ0) is 28.4. The van der Waals surface area contributed by atoms with Crippen LogP contribution in [0, 0.1) is 5.82 Å². The summed E-state index contributed by atoms with van der Waals surface area (Å²) < 4.78 is 52.4. The summed E-state index contributed by atoms with van der Waals surface area (Å²) in [5, 5.41) is 4.74. The monoisotopic (exact) mass is 569 g/mol. The second-order valence-corrected chi connectivity index (χ2v) is 10.1. The average Bonchev–Trinajstić information content (AvgIpc) is 3.31. The quantitative estimate of drug-likeness (QED) is 0.0559. The van der Waals surface area contributed by atoms with Gasteiger partial charge in [-0.25, -0.2) is 9.18 Å². The first-order chi connectivity index (χ1) is 18.7. The predicted octanol–water partition coefficient (Wildman–Crippen LogP) is 5.97. The minimum atomic E-state index is -1.56. The van der Waals surface area contributed by atoms with Crippen LogP contribution in [0.2, 0.25) is 5.02 Å². The maximum Gasteiger partial charge on any atom is 0.333 e. The summed E-state index contributed by atoms with van der Waals surface area (Å²) in [6.07, 6.45) is -0.379. The first-order valence-corrected chi connectivity index (χ1v) is 14.1. The van der Waals surface area contributed by atoms with Gasteiger partial charge in [0.25, 0.3) is 0 Å². The third kappa shape index (κ3) is 9.01. The molecule has 0 N–H and O–H groups in total. The molecule has 2 aromatic rings. The van der Waals surface area contributed by atoms with E-state index in [0.29, 0.717) is 21.9 Å². The van der Waals surface area contributed by atoms with Crippen LogP contribution in [0.1, 0.15) is 38.3 Å². The van der Waals surface area contributed by atoms with Gasteiger partial charge in [0, 0.05) is 28.7 Å². The second kappa shape index (κ2) is 14.7. The van der Waals surface area contributed by atoms with Crippen LogP contribution in [0.5, 0.6) is 5.75 Å². The molecule has 7 nitrogen and oxygen atoms in total. The van der Waals surface area contributed by atoms with Crippen molar-refractivity contribution in [1.82, 2.24) is 0 Å². The number of benzene rings is 2. The number of halogens is 2. The van der Waals surface area contributed by atoms with Crippen LogP contribution in [0.4, 0.5) is 4.39 Å². The Kier molecular flexibility index (Phi) is 10.6. The Morgan fingerprint density at radius 3 is 3.00 bits per heavy atom. The fourth-order valence-corrected chi connectivity index (χ4v) is 4.55. The zero-order valence-electron chi connectivity index (χ0n) is 22.6. The highest BCUT2D eigenvalue weighted by Gasteiger charge is 2.40. The van der Waals surface area contributed by atoms with Gasteiger partial charge >= 0.3 is 5.97 Å². The topological polar surface area (TPSA) is 75.6 Å². The normalized spacial score (nSPS) is 21.6. The van der Waals surface area contributed by atoms with E-state index in [1.165, 1.54) is 18.2 Å². The molecule has 1 aliphatic rings. The van der Waals surface area contributed by atoms with Crippen LogP contribution >= 0.6 is 30.9 Å². The van der Waals surface area contributed by atoms with Gasteiger partial charge in [-0.1, -0.05) is 42.6 Å². The highest BCUT2D eigenvalue weighted by Crippen LogP contribution is 2.35. The minimum absolute atomic E-state index is 0.0352. The zero-order valence-corrected chi connectivity index (χ0v) is 23.0. The molecule has 2 unspecified atom stereocenters. The summed E-state index contributed by atoms with van der Waals surface area (Å²) in [5.41, 5.74) is 2.13. The molecule has 1 saturated heterocycles. The Morgan fingerprint density at radius 2 is 2.27 bits per heavy atom. The third-order valence-corrected chi connectivity index (χ3v) is 6.38. The molecule has 0 bridgehead atoms. The lowest BCUT2D eigenvalue weighted by atomic mass is 10.1. The molecule has 0 saturated carbocycles. The van der Waals surface area contributed by atoms with E-state index in [9.17, 15) is 9.18 Å². The van der Waals surface area contributed by atoms with E-state index >= 15 is 0 Å². The molecular formula is C25H28BClFNO6PS. The standard InChI is InChI=1S/C25H28BClFNO6PS/c1-4-31-25(30)15(2)10-17-8-9-21(20(28)12-17)33-23-13-22(35-37-36-26)24(34-23)16(3)29-32-14-18-6-5-7-19(27)11-18/h5-12,22-24,26,36H,4,13-14H2,1-3H3/b15-10+,29-16+/t22?,23-,24-,36?/m1/s1/i26T,36D. The van der Waals surface area contributed by atoms with Crippen molar-refractivity contribution in [3.63, 3.8) is 0 Å². The lowest BCUT2D eigenvalue weighted by molar-refractivity contribution is -0.138. The fourth-order valence-electron chi connectivity index (χ4n) is 3.52. The van der Waals surface area contributed by atoms with Crippen molar-refractivity contribution < 1.29 is 32.4 Å². The number of nitrogens with zero attached hydrogens (tertiary/aromatic N) is 1. The van der Waals surface area contributed by atoms with Gasteiger partial charge < -0.3 is 23.2 Å². The molecule has 1 heterocycles. The van der Waals surface area contributed by atoms with Gasteiger partial charge in [0.05, 0.1) is 13.6 Å². The first kappa shape index (κ1) is 26.5. The van der Waals surface area contributed by atoms with Gasteiger partial charge in [0.2, 0.25) is 6.29 Å². The molecule has 1 radical (unpaired) electrons. The van der Waals surface area contributed by atoms with Crippen LogP contribution in [-0.4, -0.2) is 46.9 Å². The van der Waals surface area contributed by atoms with Gasteiger partial charge in [-0.2, -0.15) is 0 Å². The highest BCUT2D eigenvalue weighted by molar-refractivity contribution is 8.53. The van der Waals surface area contributed by atoms with Crippen molar-refractivity contribution in [2.45, 2.75) is 52.3 Å². The minimum Gasteiger partial charge on any atom is -0.463 e. The molecule has 37 heavy (non-hydrogen) atoms. The Bertz CT molecular complexity index is 1200.